The maximum absolute atomic E-state index is 11.7. The third-order valence-corrected chi connectivity index (χ3v) is 3.95. The zero-order valence-corrected chi connectivity index (χ0v) is 13.4. The van der Waals surface area contributed by atoms with E-state index in [4.69, 9.17) is 5.73 Å². The predicted molar refractivity (Wildman–Crippen MR) is 93.2 cm³/mol. The summed E-state index contributed by atoms with van der Waals surface area (Å²) in [6, 6.07) is 7.74. The van der Waals surface area contributed by atoms with Crippen molar-refractivity contribution in [1.29, 1.82) is 0 Å². The molecule has 1 heterocycles. The molecule has 122 valence electrons. The van der Waals surface area contributed by atoms with Crippen molar-refractivity contribution in [3.63, 3.8) is 0 Å². The molecule has 0 spiro atoms. The van der Waals surface area contributed by atoms with E-state index < -0.39 is 0 Å². The molecule has 3 N–H and O–H groups in total. The molecule has 2 amide bonds. The minimum Gasteiger partial charge on any atom is -0.371 e. The normalized spacial score (nSPS) is 16.1. The molecule has 0 unspecified atom stereocenters. The van der Waals surface area contributed by atoms with Gasteiger partial charge < -0.3 is 16.0 Å². The topological polar surface area (TPSA) is 75.4 Å². The first-order valence-corrected chi connectivity index (χ1v) is 7.85. The molecule has 0 atom stereocenters. The number of nitrogens with zero attached hydrogens (tertiary/aromatic N) is 1. The number of hydrogen-bond acceptors (Lipinski definition) is 3. The van der Waals surface area contributed by atoms with Gasteiger partial charge in [-0.15, -0.1) is 0 Å². The number of nitrogens with two attached hydrogens (primary N) is 1. The van der Waals surface area contributed by atoms with Gasteiger partial charge in [0.05, 0.1) is 0 Å². The molecule has 0 radical (unpaired) electrons. The fourth-order valence-corrected chi connectivity index (χ4v) is 2.62. The summed E-state index contributed by atoms with van der Waals surface area (Å²) in [6.07, 6.45) is 8.45. The molecular weight excluding hydrogens is 290 g/mol. The van der Waals surface area contributed by atoms with Gasteiger partial charge in [0.25, 0.3) is 0 Å². The highest BCUT2D eigenvalue weighted by Crippen LogP contribution is 2.24. The van der Waals surface area contributed by atoms with E-state index in [1.54, 1.807) is 12.2 Å². The Bertz CT molecular complexity index is 597. The van der Waals surface area contributed by atoms with E-state index in [-0.39, 0.29) is 17.7 Å². The molecule has 5 nitrogen and oxygen atoms in total. The second-order valence-electron chi connectivity index (χ2n) is 5.58. The van der Waals surface area contributed by atoms with Crippen LogP contribution in [0.15, 0.2) is 48.6 Å². The van der Waals surface area contributed by atoms with Gasteiger partial charge in [0.15, 0.2) is 0 Å². The van der Waals surface area contributed by atoms with Crippen LogP contribution in [0.3, 0.4) is 0 Å². The Morgan fingerprint density at radius 3 is 2.39 bits per heavy atom. The number of rotatable bonds is 5. The molecule has 0 aliphatic carbocycles. The van der Waals surface area contributed by atoms with Gasteiger partial charge in [-0.1, -0.05) is 18.2 Å². The van der Waals surface area contributed by atoms with E-state index in [1.807, 2.05) is 37.3 Å². The van der Waals surface area contributed by atoms with Crippen molar-refractivity contribution in [2.24, 2.45) is 11.7 Å². The van der Waals surface area contributed by atoms with E-state index in [1.165, 1.54) is 6.08 Å². The quantitative estimate of drug-likeness (QED) is 0.647. The van der Waals surface area contributed by atoms with Crippen LogP contribution in [-0.2, 0) is 9.59 Å². The molecule has 5 heteroatoms. The molecular formula is C18H23N3O2. The highest BCUT2D eigenvalue weighted by molar-refractivity contribution is 5.99. The molecule has 0 saturated carbocycles. The predicted octanol–water partition coefficient (Wildman–Crippen LogP) is 2.46. The number of carbonyl (C=O) groups is 2. The number of amides is 2. The number of primary amides is 1. The van der Waals surface area contributed by atoms with Crippen LogP contribution in [-0.4, -0.2) is 24.9 Å². The molecule has 1 aromatic rings. The van der Waals surface area contributed by atoms with Gasteiger partial charge in [-0.25, -0.2) is 0 Å². The zero-order chi connectivity index (χ0) is 16.7. The Morgan fingerprint density at radius 1 is 1.17 bits per heavy atom. The van der Waals surface area contributed by atoms with Crippen LogP contribution < -0.4 is 16.0 Å². The Morgan fingerprint density at radius 2 is 1.83 bits per heavy atom. The van der Waals surface area contributed by atoms with Crippen molar-refractivity contribution < 1.29 is 9.59 Å². The van der Waals surface area contributed by atoms with Crippen molar-refractivity contribution in [3.05, 3.63) is 48.6 Å². The lowest BCUT2D eigenvalue weighted by molar-refractivity contribution is -0.122. The summed E-state index contributed by atoms with van der Waals surface area (Å²) < 4.78 is 0. The lowest BCUT2D eigenvalue weighted by atomic mass is 9.96. The first-order chi connectivity index (χ1) is 11.1. The average molecular weight is 313 g/mol. The van der Waals surface area contributed by atoms with Gasteiger partial charge in [-0.2, -0.15) is 0 Å². The highest BCUT2D eigenvalue weighted by atomic mass is 16.1. The van der Waals surface area contributed by atoms with E-state index >= 15 is 0 Å². The summed E-state index contributed by atoms with van der Waals surface area (Å²) in [5, 5.41) is 2.81. The summed E-state index contributed by atoms with van der Waals surface area (Å²) in [4.78, 5) is 25.1. The molecule has 23 heavy (non-hydrogen) atoms. The number of anilines is 2. The van der Waals surface area contributed by atoms with E-state index in [0.717, 1.165) is 37.3 Å². The van der Waals surface area contributed by atoms with Crippen molar-refractivity contribution in [3.8, 4) is 0 Å². The van der Waals surface area contributed by atoms with Crippen molar-refractivity contribution >= 4 is 23.2 Å². The first kappa shape index (κ1) is 16.8. The van der Waals surface area contributed by atoms with Crippen molar-refractivity contribution in [2.45, 2.75) is 19.8 Å². The summed E-state index contributed by atoms with van der Waals surface area (Å²) in [7, 11) is 0. The molecule has 1 saturated heterocycles. The standard InChI is InChI=1S/C18H23N3O2/c1-2-3-4-5-17(22)20-15-6-8-16(9-7-15)21-12-10-14(11-13-21)18(19)23/h2-9,14H,10-13H2,1H3,(H2,19,23)(H,20,22)/b3-2+,5-4+. The minimum absolute atomic E-state index is 0.00577. The van der Waals surface area contributed by atoms with Crippen LogP contribution >= 0.6 is 0 Å². The Kier molecular flexibility index (Phi) is 5.97. The fourth-order valence-electron chi connectivity index (χ4n) is 2.62. The average Bonchev–Trinajstić information content (AvgIpc) is 2.56. The van der Waals surface area contributed by atoms with Crippen LogP contribution in [0.25, 0.3) is 0 Å². The van der Waals surface area contributed by atoms with Gasteiger partial charge >= 0.3 is 0 Å². The van der Waals surface area contributed by atoms with Crippen molar-refractivity contribution in [2.75, 3.05) is 23.3 Å². The summed E-state index contributed by atoms with van der Waals surface area (Å²) >= 11 is 0. The minimum atomic E-state index is -0.200. The third-order valence-electron chi connectivity index (χ3n) is 3.95. The number of nitrogens with one attached hydrogen (secondary N) is 1. The number of benzene rings is 1. The van der Waals surface area contributed by atoms with Crippen LogP contribution in [0, 0.1) is 5.92 Å². The SMILES string of the molecule is C/C=C/C=C/C(=O)Nc1ccc(N2CCC(C(N)=O)CC2)cc1. The molecule has 1 fully saturated rings. The largest absolute Gasteiger partial charge is 0.371 e. The number of piperidine rings is 1. The van der Waals surface area contributed by atoms with E-state index in [2.05, 4.69) is 10.2 Å². The third kappa shape index (κ3) is 4.98. The molecule has 1 aliphatic rings. The molecule has 1 aromatic carbocycles. The zero-order valence-electron chi connectivity index (χ0n) is 13.4. The summed E-state index contributed by atoms with van der Waals surface area (Å²) in [5.74, 6) is -0.361. The Labute approximate surface area is 136 Å². The fraction of sp³-hybridized carbons (Fsp3) is 0.333. The number of allylic oxidation sites excluding steroid dienone is 3. The van der Waals surface area contributed by atoms with Gasteiger partial charge in [-0.05, 0) is 44.0 Å². The number of hydrogen-bond donors (Lipinski definition) is 2. The van der Waals surface area contributed by atoms with Crippen LogP contribution in [0.4, 0.5) is 11.4 Å². The first-order valence-electron chi connectivity index (χ1n) is 7.85. The maximum Gasteiger partial charge on any atom is 0.248 e. The van der Waals surface area contributed by atoms with Gasteiger partial charge in [0.1, 0.15) is 0 Å². The van der Waals surface area contributed by atoms with Crippen molar-refractivity contribution in [1.82, 2.24) is 0 Å². The van der Waals surface area contributed by atoms with E-state index in [9.17, 15) is 9.59 Å². The smallest absolute Gasteiger partial charge is 0.248 e. The molecule has 2 rings (SSSR count). The van der Waals surface area contributed by atoms with Crippen LogP contribution in [0.5, 0.6) is 0 Å². The maximum atomic E-state index is 11.7. The van der Waals surface area contributed by atoms with Gasteiger partial charge in [0, 0.05) is 36.5 Å². The van der Waals surface area contributed by atoms with Crippen LogP contribution in [0.1, 0.15) is 19.8 Å². The highest BCUT2D eigenvalue weighted by Gasteiger charge is 2.23. The molecule has 0 aromatic heterocycles. The number of carbonyl (C=O) groups excluding carboxylic acids is 2. The lowest BCUT2D eigenvalue weighted by Gasteiger charge is -2.32. The Balaban J connectivity index is 1.90. The monoisotopic (exact) mass is 313 g/mol. The second-order valence-corrected chi connectivity index (χ2v) is 5.58. The lowest BCUT2D eigenvalue weighted by Crippen LogP contribution is -2.38. The van der Waals surface area contributed by atoms with Gasteiger partial charge in [-0.3, -0.25) is 9.59 Å². The molecule has 0 bridgehead atoms. The summed E-state index contributed by atoms with van der Waals surface area (Å²) in [6.45, 7) is 3.55. The Hall–Kier alpha value is -2.56. The molecule has 1 aliphatic heterocycles. The van der Waals surface area contributed by atoms with E-state index in [0.29, 0.717) is 0 Å². The summed E-state index contributed by atoms with van der Waals surface area (Å²) in [5.41, 5.74) is 7.21. The second kappa shape index (κ2) is 8.17. The van der Waals surface area contributed by atoms with Crippen LogP contribution in [0.2, 0.25) is 0 Å². The van der Waals surface area contributed by atoms with Gasteiger partial charge in [0.2, 0.25) is 11.8 Å².